The van der Waals surface area contributed by atoms with Crippen molar-refractivity contribution in [2.75, 3.05) is 0 Å². The number of carbonyl (C=O) groups excluding carboxylic acids is 2. The van der Waals surface area contributed by atoms with Crippen molar-refractivity contribution in [2.24, 2.45) is 16.7 Å². The zero-order valence-corrected chi connectivity index (χ0v) is 50.0. The van der Waals surface area contributed by atoms with Crippen LogP contribution in [0.15, 0.2) is 130 Å². The van der Waals surface area contributed by atoms with Crippen LogP contribution < -0.4 is 0 Å². The number of carbonyl (C=O) groups is 2. The third-order valence-electron chi connectivity index (χ3n) is 15.3. The second-order valence-corrected chi connectivity index (χ2v) is 23.9. The van der Waals surface area contributed by atoms with Gasteiger partial charge in [0.1, 0.15) is 12.2 Å². The summed E-state index contributed by atoms with van der Waals surface area (Å²) in [5.74, 6) is 0.222. The zero-order valence-electron chi connectivity index (χ0n) is 50.0. The summed E-state index contributed by atoms with van der Waals surface area (Å²) in [6.45, 7) is 26.6. The maximum absolute atomic E-state index is 12.8. The first kappa shape index (κ1) is 66.2. The molecule has 0 saturated heterocycles. The fourth-order valence-electron chi connectivity index (χ4n) is 10.9. The van der Waals surface area contributed by atoms with Gasteiger partial charge < -0.3 is 9.47 Å². The van der Waals surface area contributed by atoms with Crippen LogP contribution in [-0.2, 0) is 19.1 Å². The molecule has 0 radical (unpaired) electrons. The van der Waals surface area contributed by atoms with Gasteiger partial charge in [-0.05, 0) is 89.7 Å². The number of unbranched alkanes of at least 4 members (excludes halogenated alkanes) is 22. The molecule has 0 amide bonds. The molecule has 0 aromatic carbocycles. The fourth-order valence-corrected chi connectivity index (χ4v) is 10.9. The van der Waals surface area contributed by atoms with Gasteiger partial charge in [-0.2, -0.15) is 0 Å². The van der Waals surface area contributed by atoms with E-state index in [0.717, 1.165) is 44.9 Å². The van der Waals surface area contributed by atoms with Gasteiger partial charge in [0.2, 0.25) is 0 Å². The van der Waals surface area contributed by atoms with E-state index in [9.17, 15) is 9.59 Å². The van der Waals surface area contributed by atoms with Crippen LogP contribution in [0.4, 0.5) is 0 Å². The maximum atomic E-state index is 12.8. The standard InChI is InChI=1S/C70H112O4/c1-13-15-17-19-21-23-25-26-28-30-32-34-36-48-68(72)74-64-54-62(8)66(70(11,12)56-64)52-50-60(6)46-40-44-58(4)42-38-37-41-57(3)43-39-45-59(5)49-51-65-61(7)53-63(55-69(65,9)10)73-67(71)47-35-33-31-29-27-24-22-20-18-16-14-2/h37-46,49-52,54,63-64,66H,13-36,47-48,53,55-56H2,1-12H3. The Morgan fingerprint density at radius 3 is 1.34 bits per heavy atom. The predicted octanol–water partition coefficient (Wildman–Crippen LogP) is 21.7. The smallest absolute Gasteiger partial charge is 0.306 e. The van der Waals surface area contributed by atoms with Gasteiger partial charge in [0, 0.05) is 25.2 Å². The summed E-state index contributed by atoms with van der Waals surface area (Å²) in [6.07, 6.45) is 67.0. The van der Waals surface area contributed by atoms with E-state index < -0.39 is 0 Å². The number of hydrogen-bond donors (Lipinski definition) is 0. The summed E-state index contributed by atoms with van der Waals surface area (Å²) in [6, 6.07) is 0. The Labute approximate surface area is 457 Å². The third-order valence-corrected chi connectivity index (χ3v) is 15.3. The van der Waals surface area contributed by atoms with Crippen molar-refractivity contribution in [3.05, 3.63) is 130 Å². The summed E-state index contributed by atoms with van der Waals surface area (Å²) in [5.41, 5.74) is 8.64. The van der Waals surface area contributed by atoms with E-state index in [1.165, 1.54) is 167 Å². The van der Waals surface area contributed by atoms with E-state index >= 15 is 0 Å². The van der Waals surface area contributed by atoms with E-state index in [1.54, 1.807) is 0 Å². The van der Waals surface area contributed by atoms with Crippen molar-refractivity contribution < 1.29 is 19.1 Å². The van der Waals surface area contributed by atoms with Crippen LogP contribution in [0, 0.1) is 16.7 Å². The highest BCUT2D eigenvalue weighted by Gasteiger charge is 2.37. The van der Waals surface area contributed by atoms with Gasteiger partial charge in [-0.25, -0.2) is 0 Å². The Morgan fingerprint density at radius 2 is 0.905 bits per heavy atom. The quantitative estimate of drug-likeness (QED) is 0.0268. The molecule has 416 valence electrons. The minimum Gasteiger partial charge on any atom is -0.462 e. The third kappa shape index (κ3) is 31.2. The minimum absolute atomic E-state index is 0.00491. The Hall–Kier alpha value is -3.92. The Bertz CT molecular complexity index is 1940. The van der Waals surface area contributed by atoms with Crippen LogP contribution in [-0.4, -0.2) is 24.1 Å². The van der Waals surface area contributed by atoms with Gasteiger partial charge in [-0.3, -0.25) is 9.59 Å². The lowest BCUT2D eigenvalue weighted by Gasteiger charge is -2.40. The van der Waals surface area contributed by atoms with Crippen molar-refractivity contribution in [1.82, 2.24) is 0 Å². The van der Waals surface area contributed by atoms with Crippen molar-refractivity contribution in [1.29, 1.82) is 0 Å². The highest BCUT2D eigenvalue weighted by Crippen LogP contribution is 2.44. The van der Waals surface area contributed by atoms with Crippen molar-refractivity contribution in [2.45, 2.75) is 281 Å². The lowest BCUT2D eigenvalue weighted by atomic mass is 9.67. The molecular weight excluding hydrogens is 905 g/mol. The molecule has 0 spiro atoms. The molecule has 2 aliphatic rings. The van der Waals surface area contributed by atoms with Crippen LogP contribution in [0.3, 0.4) is 0 Å². The summed E-state index contributed by atoms with van der Waals surface area (Å²) in [4.78, 5) is 25.5. The van der Waals surface area contributed by atoms with Gasteiger partial charge >= 0.3 is 11.9 Å². The van der Waals surface area contributed by atoms with Crippen LogP contribution in [0.2, 0.25) is 0 Å². The van der Waals surface area contributed by atoms with E-state index in [1.807, 2.05) is 0 Å². The van der Waals surface area contributed by atoms with Gasteiger partial charge in [0.25, 0.3) is 0 Å². The molecule has 0 aromatic rings. The summed E-state index contributed by atoms with van der Waals surface area (Å²) in [7, 11) is 0. The fraction of sp³-hybridized carbons (Fsp3) is 0.657. The van der Waals surface area contributed by atoms with E-state index in [0.29, 0.717) is 18.8 Å². The summed E-state index contributed by atoms with van der Waals surface area (Å²) < 4.78 is 12.0. The molecule has 0 aromatic heterocycles. The monoisotopic (exact) mass is 1020 g/mol. The molecule has 0 heterocycles. The first-order valence-corrected chi connectivity index (χ1v) is 30.3. The van der Waals surface area contributed by atoms with Gasteiger partial charge in [-0.15, -0.1) is 0 Å². The molecule has 0 N–H and O–H groups in total. The molecule has 3 unspecified atom stereocenters. The van der Waals surface area contributed by atoms with Crippen LogP contribution >= 0.6 is 0 Å². The Kier molecular flexibility index (Phi) is 35.3. The van der Waals surface area contributed by atoms with Gasteiger partial charge in [0.15, 0.2) is 0 Å². The van der Waals surface area contributed by atoms with Crippen LogP contribution in [0.1, 0.15) is 269 Å². The minimum atomic E-state index is -0.143. The molecule has 0 aliphatic heterocycles. The Balaban J connectivity index is 1.74. The number of allylic oxidation sites excluding steroid dienone is 20. The molecular formula is C70H112O4. The number of ether oxygens (including phenoxy) is 2. The molecule has 74 heavy (non-hydrogen) atoms. The topological polar surface area (TPSA) is 52.6 Å². The van der Waals surface area contributed by atoms with E-state index in [4.69, 9.17) is 9.47 Å². The second kappa shape index (κ2) is 39.5. The summed E-state index contributed by atoms with van der Waals surface area (Å²) >= 11 is 0. The van der Waals surface area contributed by atoms with Crippen LogP contribution in [0.5, 0.6) is 0 Å². The van der Waals surface area contributed by atoms with Crippen molar-refractivity contribution in [3.63, 3.8) is 0 Å². The molecule has 0 fully saturated rings. The van der Waals surface area contributed by atoms with Crippen LogP contribution in [0.25, 0.3) is 0 Å². The largest absolute Gasteiger partial charge is 0.462 e. The SMILES string of the molecule is CCCCCCCCCCCCCCCC(=O)OC1C=C(C)C(C=CC(C)=CC=CC(C)=CC=CC=C(C)C=CC=C(C)C=CC2=C(C)CC(OC(=O)CCCCCCCCCCCCC)CC2(C)C)C(C)(C)C1. The Morgan fingerprint density at radius 1 is 0.514 bits per heavy atom. The number of hydrogen-bond acceptors (Lipinski definition) is 4. The molecule has 4 nitrogen and oxygen atoms in total. The number of rotatable bonds is 38. The maximum Gasteiger partial charge on any atom is 0.306 e. The predicted molar refractivity (Wildman–Crippen MR) is 323 cm³/mol. The molecule has 4 heteroatoms. The zero-order chi connectivity index (χ0) is 54.5. The molecule has 3 atom stereocenters. The first-order valence-electron chi connectivity index (χ1n) is 30.3. The van der Waals surface area contributed by atoms with Crippen molar-refractivity contribution >= 4 is 11.9 Å². The highest BCUT2D eigenvalue weighted by molar-refractivity contribution is 5.70. The number of esters is 2. The second-order valence-electron chi connectivity index (χ2n) is 23.9. The van der Waals surface area contributed by atoms with Gasteiger partial charge in [0.05, 0.1) is 0 Å². The van der Waals surface area contributed by atoms with Crippen molar-refractivity contribution in [3.8, 4) is 0 Å². The molecule has 0 bridgehead atoms. The summed E-state index contributed by atoms with van der Waals surface area (Å²) in [5, 5.41) is 0. The molecule has 0 saturated carbocycles. The molecule has 2 aliphatic carbocycles. The normalized spacial score (nSPS) is 20.1. The lowest BCUT2D eigenvalue weighted by Crippen LogP contribution is -2.34. The average molecular weight is 1020 g/mol. The van der Waals surface area contributed by atoms with Gasteiger partial charge in [-0.1, -0.05) is 301 Å². The lowest BCUT2D eigenvalue weighted by molar-refractivity contribution is -0.151. The van der Waals surface area contributed by atoms with E-state index in [2.05, 4.69) is 174 Å². The van der Waals surface area contributed by atoms with E-state index in [-0.39, 0.29) is 35.0 Å². The molecule has 2 rings (SSSR count). The average Bonchev–Trinajstić information content (AvgIpc) is 3.32. The highest BCUT2D eigenvalue weighted by atomic mass is 16.5. The first-order chi connectivity index (χ1) is 35.5.